The molecule has 2 aromatic rings. The molecular formula is C21H20Cl2N2O4. The maximum Gasteiger partial charge on any atom is 0.258 e. The number of rotatable bonds is 8. The van der Waals surface area contributed by atoms with Crippen LogP contribution in [-0.2, 0) is 9.59 Å². The van der Waals surface area contributed by atoms with Crippen molar-refractivity contribution in [2.75, 3.05) is 13.2 Å². The van der Waals surface area contributed by atoms with Crippen molar-refractivity contribution >= 4 is 35.0 Å². The van der Waals surface area contributed by atoms with Crippen LogP contribution >= 0.6 is 23.2 Å². The molecule has 0 atom stereocenters. The summed E-state index contributed by atoms with van der Waals surface area (Å²) in [7, 11) is 0. The Morgan fingerprint density at radius 3 is 1.41 bits per heavy atom. The van der Waals surface area contributed by atoms with Crippen LogP contribution in [-0.4, -0.2) is 36.1 Å². The number of benzene rings is 2. The number of amides is 2. The van der Waals surface area contributed by atoms with E-state index in [2.05, 4.69) is 10.6 Å². The molecule has 5 rings (SSSR count). The monoisotopic (exact) mass is 434 g/mol. The van der Waals surface area contributed by atoms with Gasteiger partial charge in [-0.3, -0.25) is 9.59 Å². The topological polar surface area (TPSA) is 76.7 Å². The lowest BCUT2D eigenvalue weighted by Gasteiger charge is -2.70. The highest BCUT2D eigenvalue weighted by molar-refractivity contribution is 6.30. The van der Waals surface area contributed by atoms with E-state index < -0.39 is 0 Å². The first-order chi connectivity index (χ1) is 13.9. The summed E-state index contributed by atoms with van der Waals surface area (Å²) in [6.07, 6.45) is 2.16. The molecule has 0 saturated heterocycles. The minimum atomic E-state index is -0.231. The molecule has 0 aliphatic heterocycles. The molecule has 3 fully saturated rings. The van der Waals surface area contributed by atoms with Gasteiger partial charge in [-0.2, -0.15) is 0 Å². The molecule has 0 heterocycles. The van der Waals surface area contributed by atoms with Gasteiger partial charge in [-0.1, -0.05) is 23.2 Å². The van der Waals surface area contributed by atoms with Crippen LogP contribution in [0.3, 0.4) is 0 Å². The van der Waals surface area contributed by atoms with Gasteiger partial charge in [0.2, 0.25) is 0 Å². The normalized spacial score (nSPS) is 23.9. The van der Waals surface area contributed by atoms with Crippen LogP contribution < -0.4 is 20.1 Å². The zero-order valence-electron chi connectivity index (χ0n) is 15.5. The minimum Gasteiger partial charge on any atom is -0.484 e. The third-order valence-electron chi connectivity index (χ3n) is 5.21. The predicted molar refractivity (Wildman–Crippen MR) is 109 cm³/mol. The van der Waals surface area contributed by atoms with E-state index in [0.29, 0.717) is 21.5 Å². The number of hydrogen-bond acceptors (Lipinski definition) is 4. The summed E-state index contributed by atoms with van der Waals surface area (Å²) < 4.78 is 10.9. The molecular weight excluding hydrogens is 415 g/mol. The van der Waals surface area contributed by atoms with Gasteiger partial charge in [0.15, 0.2) is 13.2 Å². The Hall–Kier alpha value is -2.44. The van der Waals surface area contributed by atoms with Gasteiger partial charge in [0, 0.05) is 21.1 Å². The molecule has 0 aromatic heterocycles. The molecule has 3 saturated carbocycles. The van der Waals surface area contributed by atoms with E-state index in [1.807, 2.05) is 0 Å². The number of hydrogen-bond donors (Lipinski definition) is 2. The molecule has 2 aromatic carbocycles. The molecule has 3 aliphatic carbocycles. The zero-order valence-corrected chi connectivity index (χ0v) is 17.1. The van der Waals surface area contributed by atoms with Crippen molar-refractivity contribution in [2.45, 2.75) is 30.3 Å². The van der Waals surface area contributed by atoms with Crippen molar-refractivity contribution in [2.24, 2.45) is 0 Å². The Labute approximate surface area is 178 Å². The predicted octanol–water partition coefficient (Wildman–Crippen LogP) is 3.36. The Kier molecular flexibility index (Phi) is 5.32. The summed E-state index contributed by atoms with van der Waals surface area (Å²) >= 11 is 11.6. The summed E-state index contributed by atoms with van der Waals surface area (Å²) in [5, 5.41) is 7.26. The summed E-state index contributed by atoms with van der Waals surface area (Å²) in [6.45, 7) is -0.116. The maximum atomic E-state index is 12.1. The second kappa shape index (κ2) is 7.76. The van der Waals surface area contributed by atoms with Crippen molar-refractivity contribution < 1.29 is 19.1 Å². The van der Waals surface area contributed by atoms with Crippen molar-refractivity contribution in [3.05, 3.63) is 58.6 Å². The zero-order chi connectivity index (χ0) is 20.5. The fourth-order valence-electron chi connectivity index (χ4n) is 4.08. The van der Waals surface area contributed by atoms with E-state index in [1.54, 1.807) is 48.5 Å². The van der Waals surface area contributed by atoms with Crippen LogP contribution in [0, 0.1) is 0 Å². The van der Waals surface area contributed by atoms with Gasteiger partial charge in [-0.05, 0) is 67.8 Å². The second-order valence-corrected chi connectivity index (χ2v) is 8.55. The fourth-order valence-corrected chi connectivity index (χ4v) is 4.33. The van der Waals surface area contributed by atoms with Crippen molar-refractivity contribution in [3.8, 4) is 11.5 Å². The van der Waals surface area contributed by atoms with Crippen LogP contribution in [0.1, 0.15) is 19.3 Å². The van der Waals surface area contributed by atoms with Gasteiger partial charge < -0.3 is 20.1 Å². The van der Waals surface area contributed by atoms with Crippen LogP contribution in [0.25, 0.3) is 0 Å². The number of halogens is 2. The first-order valence-electron chi connectivity index (χ1n) is 9.24. The molecule has 6 nitrogen and oxygen atoms in total. The lowest BCUT2D eigenvalue weighted by Crippen LogP contribution is -2.84. The maximum absolute atomic E-state index is 12.1. The van der Waals surface area contributed by atoms with Crippen LogP contribution in [0.5, 0.6) is 11.5 Å². The largest absolute Gasteiger partial charge is 0.484 e. The van der Waals surface area contributed by atoms with Gasteiger partial charge in [0.1, 0.15) is 11.5 Å². The number of nitrogens with one attached hydrogen (secondary N) is 2. The third-order valence-corrected chi connectivity index (χ3v) is 5.71. The minimum absolute atomic E-state index is 0.0579. The Morgan fingerprint density at radius 2 is 1.07 bits per heavy atom. The SMILES string of the molecule is O=C(COc1ccc(Cl)cc1)NC12CC(NC(=O)COc3ccc(Cl)cc3)(C1)C2. The number of carbonyl (C=O) groups is 2. The molecule has 8 heteroatoms. The van der Waals surface area contributed by atoms with Gasteiger partial charge in [0.25, 0.3) is 11.8 Å². The van der Waals surface area contributed by atoms with E-state index in [4.69, 9.17) is 32.7 Å². The summed E-state index contributed by atoms with van der Waals surface area (Å²) in [6, 6.07) is 13.7. The first kappa shape index (κ1) is 19.9. The number of carbonyl (C=O) groups excluding carboxylic acids is 2. The summed E-state index contributed by atoms with van der Waals surface area (Å²) in [5.41, 5.74) is -0.463. The quantitative estimate of drug-likeness (QED) is 0.667. The molecule has 2 N–H and O–H groups in total. The van der Waals surface area contributed by atoms with Gasteiger partial charge in [0.05, 0.1) is 0 Å². The lowest BCUT2D eigenvalue weighted by atomic mass is 9.44. The highest BCUT2D eigenvalue weighted by Crippen LogP contribution is 2.60. The Morgan fingerprint density at radius 1 is 0.724 bits per heavy atom. The van der Waals surface area contributed by atoms with E-state index in [9.17, 15) is 9.59 Å². The Bertz CT molecular complexity index is 822. The van der Waals surface area contributed by atoms with Gasteiger partial charge >= 0.3 is 0 Å². The molecule has 0 radical (unpaired) electrons. The molecule has 2 amide bonds. The van der Waals surface area contributed by atoms with Gasteiger partial charge in [-0.15, -0.1) is 0 Å². The van der Waals surface area contributed by atoms with Crippen molar-refractivity contribution in [1.82, 2.24) is 10.6 Å². The van der Waals surface area contributed by atoms with E-state index >= 15 is 0 Å². The first-order valence-corrected chi connectivity index (χ1v) is 10.00. The average molecular weight is 435 g/mol. The Balaban J connectivity index is 1.16. The van der Waals surface area contributed by atoms with E-state index in [1.165, 1.54) is 0 Å². The standard InChI is InChI=1S/C21H20Cl2N2O4/c22-14-1-5-16(6-2-14)28-9-18(26)24-20-11-21(12-20,13-20)25-19(27)10-29-17-7-3-15(23)4-8-17/h1-8H,9-13H2,(H,24,26)(H,25,27). The van der Waals surface area contributed by atoms with Crippen LogP contribution in [0.2, 0.25) is 10.0 Å². The van der Waals surface area contributed by atoms with Crippen LogP contribution in [0.15, 0.2) is 48.5 Å². The van der Waals surface area contributed by atoms with Crippen molar-refractivity contribution in [3.63, 3.8) is 0 Å². The summed E-state index contributed by atoms with van der Waals surface area (Å²) in [5.74, 6) is 0.828. The molecule has 0 spiro atoms. The molecule has 0 unspecified atom stereocenters. The average Bonchev–Trinajstić information content (AvgIpc) is 2.64. The number of ether oxygens (including phenoxy) is 2. The molecule has 3 aliphatic rings. The third kappa shape index (κ3) is 4.60. The highest BCUT2D eigenvalue weighted by atomic mass is 35.5. The molecule has 29 heavy (non-hydrogen) atoms. The summed E-state index contributed by atoms with van der Waals surface area (Å²) in [4.78, 5) is 24.3. The second-order valence-electron chi connectivity index (χ2n) is 7.67. The highest BCUT2D eigenvalue weighted by Gasteiger charge is 2.69. The lowest BCUT2D eigenvalue weighted by molar-refractivity contribution is -0.151. The molecule has 2 bridgehead atoms. The van der Waals surface area contributed by atoms with E-state index in [0.717, 1.165) is 19.3 Å². The van der Waals surface area contributed by atoms with E-state index in [-0.39, 0.29) is 36.1 Å². The van der Waals surface area contributed by atoms with Crippen LogP contribution in [0.4, 0.5) is 0 Å². The van der Waals surface area contributed by atoms with Gasteiger partial charge in [-0.25, -0.2) is 0 Å². The smallest absolute Gasteiger partial charge is 0.258 e. The molecule has 152 valence electrons. The fraction of sp³-hybridized carbons (Fsp3) is 0.333. The van der Waals surface area contributed by atoms with Crippen molar-refractivity contribution in [1.29, 1.82) is 0 Å².